The molecule has 1 aliphatic rings. The summed E-state index contributed by atoms with van der Waals surface area (Å²) in [4.78, 5) is 14.5. The van der Waals surface area contributed by atoms with E-state index in [1.54, 1.807) is 11.3 Å². The highest BCUT2D eigenvalue weighted by molar-refractivity contribution is 7.14. The quantitative estimate of drug-likeness (QED) is 0.795. The molecule has 0 saturated carbocycles. The predicted octanol–water partition coefficient (Wildman–Crippen LogP) is 3.73. The summed E-state index contributed by atoms with van der Waals surface area (Å²) in [5.41, 5.74) is 2.08. The van der Waals surface area contributed by atoms with E-state index < -0.39 is 5.92 Å². The van der Waals surface area contributed by atoms with Gasteiger partial charge in [-0.1, -0.05) is 30.3 Å². The van der Waals surface area contributed by atoms with Gasteiger partial charge in [-0.05, 0) is 36.5 Å². The molecule has 0 amide bonds. The van der Waals surface area contributed by atoms with Crippen LogP contribution < -0.4 is 0 Å². The third-order valence-corrected chi connectivity index (χ3v) is 4.77. The zero-order chi connectivity index (χ0) is 13.2. The predicted molar refractivity (Wildman–Crippen MR) is 75.5 cm³/mol. The van der Waals surface area contributed by atoms with Crippen molar-refractivity contribution in [3.05, 3.63) is 57.3 Å². The Kier molecular flexibility index (Phi) is 3.18. The van der Waals surface area contributed by atoms with Crippen molar-refractivity contribution in [1.29, 1.82) is 5.26 Å². The number of carbonyl (C=O) groups excluding carboxylic acids is 1. The lowest BCUT2D eigenvalue weighted by atomic mass is 9.95. The first-order chi connectivity index (χ1) is 9.29. The number of benzene rings is 1. The number of nitrogens with zero attached hydrogens (tertiary/aromatic N) is 1. The molecule has 1 atom stereocenters. The lowest BCUT2D eigenvalue weighted by molar-refractivity contribution is 0.0982. The van der Waals surface area contributed by atoms with Crippen LogP contribution in [0.15, 0.2) is 36.4 Å². The molecule has 3 heteroatoms. The van der Waals surface area contributed by atoms with Gasteiger partial charge >= 0.3 is 0 Å². The van der Waals surface area contributed by atoms with Crippen LogP contribution in [0, 0.1) is 11.3 Å². The summed E-state index contributed by atoms with van der Waals surface area (Å²) < 4.78 is 0. The van der Waals surface area contributed by atoms with Gasteiger partial charge in [-0.3, -0.25) is 4.79 Å². The van der Waals surface area contributed by atoms with E-state index >= 15 is 0 Å². The molecule has 94 valence electrons. The number of hydrogen-bond donors (Lipinski definition) is 0. The number of fused-ring (bicyclic) bond motifs is 1. The highest BCUT2D eigenvalue weighted by Gasteiger charge is 2.25. The number of carbonyl (C=O) groups is 1. The maximum absolute atomic E-state index is 12.5. The molecule has 1 aliphatic carbocycles. The number of nitriles is 1. The number of hydrogen-bond acceptors (Lipinski definition) is 3. The van der Waals surface area contributed by atoms with Gasteiger partial charge in [-0.2, -0.15) is 5.26 Å². The second-order valence-corrected chi connectivity index (χ2v) is 5.89. The smallest absolute Gasteiger partial charge is 0.194 e. The fraction of sp³-hybridized carbons (Fsp3) is 0.250. The molecule has 1 aromatic carbocycles. The van der Waals surface area contributed by atoms with Gasteiger partial charge < -0.3 is 0 Å². The lowest BCUT2D eigenvalue weighted by Crippen LogP contribution is -2.09. The van der Waals surface area contributed by atoms with Crippen molar-refractivity contribution < 1.29 is 4.79 Å². The molecule has 0 saturated heterocycles. The molecule has 19 heavy (non-hydrogen) atoms. The van der Waals surface area contributed by atoms with Crippen molar-refractivity contribution in [2.24, 2.45) is 0 Å². The van der Waals surface area contributed by atoms with Crippen molar-refractivity contribution in [1.82, 2.24) is 0 Å². The molecule has 0 aliphatic heterocycles. The summed E-state index contributed by atoms with van der Waals surface area (Å²) in [7, 11) is 0. The second-order valence-electron chi connectivity index (χ2n) is 4.75. The van der Waals surface area contributed by atoms with Crippen LogP contribution in [0.4, 0.5) is 0 Å². The Morgan fingerprint density at radius 1 is 1.26 bits per heavy atom. The first-order valence-corrected chi connectivity index (χ1v) is 7.21. The molecule has 1 aromatic heterocycles. The summed E-state index contributed by atoms with van der Waals surface area (Å²) in [6.45, 7) is 0. The van der Waals surface area contributed by atoms with E-state index in [2.05, 4.69) is 6.07 Å². The van der Waals surface area contributed by atoms with Gasteiger partial charge in [0, 0.05) is 4.88 Å². The lowest BCUT2D eigenvalue weighted by Gasteiger charge is -2.06. The van der Waals surface area contributed by atoms with Gasteiger partial charge in [-0.15, -0.1) is 11.3 Å². The third kappa shape index (κ3) is 2.20. The molecule has 1 heterocycles. The Balaban J connectivity index is 1.92. The van der Waals surface area contributed by atoms with Gasteiger partial charge in [0.1, 0.15) is 5.92 Å². The van der Waals surface area contributed by atoms with Gasteiger partial charge in [0.15, 0.2) is 5.78 Å². The Bertz CT molecular complexity index is 630. The maximum Gasteiger partial charge on any atom is 0.194 e. The average Bonchev–Trinajstić information content (AvgIpc) is 3.01. The molecular weight excluding hydrogens is 254 g/mol. The molecule has 2 nitrogen and oxygen atoms in total. The first kappa shape index (κ1) is 12.1. The van der Waals surface area contributed by atoms with Crippen molar-refractivity contribution >= 4 is 17.1 Å². The number of Topliss-reactive ketones (excluding diaryl/α,β-unsaturated/α-hetero) is 1. The summed E-state index contributed by atoms with van der Waals surface area (Å²) in [6, 6.07) is 13.4. The normalized spacial score (nSPS) is 14.7. The van der Waals surface area contributed by atoms with Crippen molar-refractivity contribution in [2.45, 2.75) is 25.2 Å². The Labute approximate surface area is 116 Å². The number of rotatable bonds is 3. The van der Waals surface area contributed by atoms with E-state index in [1.165, 1.54) is 16.9 Å². The number of aryl methyl sites for hydroxylation is 2. The first-order valence-electron chi connectivity index (χ1n) is 6.40. The van der Waals surface area contributed by atoms with Crippen LogP contribution in [-0.2, 0) is 12.8 Å². The molecule has 0 fully saturated rings. The minimum Gasteiger partial charge on any atom is -0.291 e. The van der Waals surface area contributed by atoms with E-state index in [-0.39, 0.29) is 5.78 Å². The molecule has 0 bridgehead atoms. The highest BCUT2D eigenvalue weighted by atomic mass is 32.1. The molecular formula is C16H13NOS. The van der Waals surface area contributed by atoms with E-state index in [4.69, 9.17) is 0 Å². The standard InChI is InChI=1S/C16H13NOS/c17-10-13(11-5-2-1-3-6-11)16(18)15-9-12-7-4-8-14(12)19-15/h1-3,5-6,9,13H,4,7-8H2. The summed E-state index contributed by atoms with van der Waals surface area (Å²) in [5.74, 6) is -0.743. The highest BCUT2D eigenvalue weighted by Crippen LogP contribution is 2.33. The second kappa shape index (κ2) is 4.99. The van der Waals surface area contributed by atoms with Crippen LogP contribution in [0.2, 0.25) is 0 Å². The van der Waals surface area contributed by atoms with Gasteiger partial charge in [0.2, 0.25) is 0 Å². The van der Waals surface area contributed by atoms with Crippen LogP contribution in [0.5, 0.6) is 0 Å². The molecule has 0 radical (unpaired) electrons. The molecule has 0 spiro atoms. The SMILES string of the molecule is N#CC(C(=O)c1cc2c(s1)CCC2)c1ccccc1. The van der Waals surface area contributed by atoms with Gasteiger partial charge in [0.25, 0.3) is 0 Å². The van der Waals surface area contributed by atoms with Crippen LogP contribution in [-0.4, -0.2) is 5.78 Å². The Hall–Kier alpha value is -1.92. The molecule has 2 aromatic rings. The number of thiophene rings is 1. The van der Waals surface area contributed by atoms with Crippen LogP contribution in [0.3, 0.4) is 0 Å². The van der Waals surface area contributed by atoms with Crippen LogP contribution in [0.25, 0.3) is 0 Å². The number of ketones is 1. The molecule has 3 rings (SSSR count). The Morgan fingerprint density at radius 3 is 2.74 bits per heavy atom. The van der Waals surface area contributed by atoms with E-state index in [0.717, 1.165) is 23.3 Å². The van der Waals surface area contributed by atoms with E-state index in [1.807, 2.05) is 36.4 Å². The monoisotopic (exact) mass is 267 g/mol. The van der Waals surface area contributed by atoms with Crippen molar-refractivity contribution in [2.75, 3.05) is 0 Å². The van der Waals surface area contributed by atoms with Gasteiger partial charge in [-0.25, -0.2) is 0 Å². The van der Waals surface area contributed by atoms with Gasteiger partial charge in [0.05, 0.1) is 10.9 Å². The molecule has 0 N–H and O–H groups in total. The van der Waals surface area contributed by atoms with Crippen molar-refractivity contribution in [3.63, 3.8) is 0 Å². The summed E-state index contributed by atoms with van der Waals surface area (Å²) >= 11 is 1.57. The third-order valence-electron chi connectivity index (χ3n) is 3.51. The minimum atomic E-state index is -0.681. The Morgan fingerprint density at radius 2 is 2.05 bits per heavy atom. The summed E-state index contributed by atoms with van der Waals surface area (Å²) in [5, 5.41) is 9.29. The van der Waals surface area contributed by atoms with Crippen LogP contribution in [0.1, 0.15) is 38.0 Å². The van der Waals surface area contributed by atoms with Crippen molar-refractivity contribution in [3.8, 4) is 6.07 Å². The van der Waals surface area contributed by atoms with Crippen LogP contribution >= 0.6 is 11.3 Å². The fourth-order valence-corrected chi connectivity index (χ4v) is 3.75. The molecule has 1 unspecified atom stereocenters. The fourth-order valence-electron chi connectivity index (χ4n) is 2.52. The van der Waals surface area contributed by atoms with E-state index in [9.17, 15) is 10.1 Å². The van der Waals surface area contributed by atoms with E-state index in [0.29, 0.717) is 0 Å². The zero-order valence-corrected chi connectivity index (χ0v) is 11.2. The summed E-state index contributed by atoms with van der Waals surface area (Å²) in [6.07, 6.45) is 3.34. The maximum atomic E-state index is 12.5. The largest absolute Gasteiger partial charge is 0.291 e. The average molecular weight is 267 g/mol. The zero-order valence-electron chi connectivity index (χ0n) is 10.4. The minimum absolute atomic E-state index is 0.0619. The topological polar surface area (TPSA) is 40.9 Å².